The molecule has 0 saturated carbocycles. The minimum Gasteiger partial charge on any atom is -0.493 e. The van der Waals surface area contributed by atoms with E-state index >= 15 is 0 Å². The fraction of sp³-hybridized carbons (Fsp3) is 0.458. The molecule has 3 rings (SSSR count). The number of carbonyl (C=O) groups excluding carboxylic acids is 1. The molecular formula is C24H31NO3. The predicted molar refractivity (Wildman–Crippen MR) is 112 cm³/mol. The summed E-state index contributed by atoms with van der Waals surface area (Å²) in [7, 11) is 3.25. The summed E-state index contributed by atoms with van der Waals surface area (Å²) in [6.45, 7) is 2.12. The van der Waals surface area contributed by atoms with Crippen LogP contribution in [0.4, 0.5) is 0 Å². The van der Waals surface area contributed by atoms with E-state index in [2.05, 4.69) is 30.4 Å². The topological polar surface area (TPSA) is 47.6 Å². The van der Waals surface area contributed by atoms with Crippen LogP contribution in [0.1, 0.15) is 60.9 Å². The van der Waals surface area contributed by atoms with Crippen LogP contribution in [-0.2, 0) is 24.1 Å². The van der Waals surface area contributed by atoms with E-state index < -0.39 is 0 Å². The second-order valence-corrected chi connectivity index (χ2v) is 7.45. The van der Waals surface area contributed by atoms with Gasteiger partial charge in [0.25, 0.3) is 0 Å². The fourth-order valence-corrected chi connectivity index (χ4v) is 3.95. The van der Waals surface area contributed by atoms with Gasteiger partial charge in [-0.1, -0.05) is 31.2 Å². The number of ether oxygens (including phenoxy) is 2. The third kappa shape index (κ3) is 4.86. The molecule has 0 heterocycles. The number of hydrogen-bond acceptors (Lipinski definition) is 3. The maximum absolute atomic E-state index is 12.6. The van der Waals surface area contributed by atoms with Crippen molar-refractivity contribution in [1.82, 2.24) is 5.32 Å². The van der Waals surface area contributed by atoms with Gasteiger partial charge >= 0.3 is 0 Å². The first-order valence-electron chi connectivity index (χ1n) is 10.3. The van der Waals surface area contributed by atoms with Crippen molar-refractivity contribution in [1.29, 1.82) is 0 Å². The zero-order valence-electron chi connectivity index (χ0n) is 17.2. The highest BCUT2D eigenvalue weighted by molar-refractivity contribution is 5.76. The van der Waals surface area contributed by atoms with Crippen LogP contribution in [0.5, 0.6) is 11.5 Å². The summed E-state index contributed by atoms with van der Waals surface area (Å²) in [4.78, 5) is 12.6. The molecule has 0 saturated heterocycles. The van der Waals surface area contributed by atoms with Gasteiger partial charge in [-0.3, -0.25) is 4.79 Å². The van der Waals surface area contributed by atoms with Crippen LogP contribution in [0, 0.1) is 0 Å². The molecular weight excluding hydrogens is 350 g/mol. The second-order valence-electron chi connectivity index (χ2n) is 7.45. The summed E-state index contributed by atoms with van der Waals surface area (Å²) in [6, 6.07) is 12.6. The molecule has 1 aliphatic carbocycles. The van der Waals surface area contributed by atoms with E-state index in [1.54, 1.807) is 14.2 Å². The molecule has 4 heteroatoms. The number of amides is 1. The van der Waals surface area contributed by atoms with Crippen LogP contribution in [0.2, 0.25) is 0 Å². The van der Waals surface area contributed by atoms with Gasteiger partial charge in [-0.2, -0.15) is 0 Å². The molecule has 2 aromatic rings. The lowest BCUT2D eigenvalue weighted by molar-refractivity contribution is -0.121. The highest BCUT2D eigenvalue weighted by Gasteiger charge is 2.16. The lowest BCUT2D eigenvalue weighted by atomic mass is 9.89. The van der Waals surface area contributed by atoms with E-state index in [-0.39, 0.29) is 11.9 Å². The minimum absolute atomic E-state index is 0.0742. The molecule has 1 aliphatic rings. The highest BCUT2D eigenvalue weighted by atomic mass is 16.5. The summed E-state index contributed by atoms with van der Waals surface area (Å²) < 4.78 is 10.6. The van der Waals surface area contributed by atoms with Crippen molar-refractivity contribution < 1.29 is 14.3 Å². The molecule has 4 nitrogen and oxygen atoms in total. The van der Waals surface area contributed by atoms with Crippen LogP contribution in [-0.4, -0.2) is 20.1 Å². The molecule has 0 radical (unpaired) electrons. The number of aryl methyl sites for hydroxylation is 3. The Morgan fingerprint density at radius 1 is 1.00 bits per heavy atom. The first-order chi connectivity index (χ1) is 13.6. The third-order valence-electron chi connectivity index (χ3n) is 5.61. The standard InChI is InChI=1S/C24H31NO3/c1-4-21(20-12-11-18-7-5-6-8-19(18)16-20)25-24(26)14-10-17-9-13-22(27-2)23(15-17)28-3/h9,11-13,15-16,21H,4-8,10,14H2,1-3H3,(H,25,26)/t21-/m1/s1. The number of fused-ring (bicyclic) bond motifs is 1. The Balaban J connectivity index is 1.60. The van der Waals surface area contributed by atoms with Gasteiger partial charge in [0.15, 0.2) is 11.5 Å². The molecule has 150 valence electrons. The zero-order chi connectivity index (χ0) is 19.9. The summed E-state index contributed by atoms with van der Waals surface area (Å²) in [5.41, 5.74) is 5.23. The van der Waals surface area contributed by atoms with Crippen LogP contribution in [0.15, 0.2) is 36.4 Å². The molecule has 1 amide bonds. The number of benzene rings is 2. The number of rotatable bonds is 8. The van der Waals surface area contributed by atoms with Crippen molar-refractivity contribution in [2.75, 3.05) is 14.2 Å². The Morgan fingerprint density at radius 3 is 2.46 bits per heavy atom. The Bertz CT molecular complexity index is 815. The van der Waals surface area contributed by atoms with Crippen molar-refractivity contribution in [3.8, 4) is 11.5 Å². The zero-order valence-corrected chi connectivity index (χ0v) is 17.2. The van der Waals surface area contributed by atoms with E-state index in [0.29, 0.717) is 24.3 Å². The van der Waals surface area contributed by atoms with Gasteiger partial charge in [-0.15, -0.1) is 0 Å². The molecule has 1 N–H and O–H groups in total. The first-order valence-corrected chi connectivity index (χ1v) is 10.3. The SMILES string of the molecule is CC[C@@H](NC(=O)CCc1ccc(OC)c(OC)c1)c1ccc2c(c1)CCCC2. The molecule has 2 aromatic carbocycles. The van der Waals surface area contributed by atoms with Crippen molar-refractivity contribution in [3.63, 3.8) is 0 Å². The van der Waals surface area contributed by atoms with Crippen LogP contribution in [0.3, 0.4) is 0 Å². The summed E-state index contributed by atoms with van der Waals surface area (Å²) in [5.74, 6) is 1.48. The summed E-state index contributed by atoms with van der Waals surface area (Å²) in [6.07, 6.45) is 6.92. The molecule has 0 bridgehead atoms. The highest BCUT2D eigenvalue weighted by Crippen LogP contribution is 2.28. The third-order valence-corrected chi connectivity index (χ3v) is 5.61. The van der Waals surface area contributed by atoms with Crippen LogP contribution >= 0.6 is 0 Å². The van der Waals surface area contributed by atoms with Crippen molar-refractivity contribution >= 4 is 5.91 Å². The Morgan fingerprint density at radius 2 is 1.75 bits per heavy atom. The van der Waals surface area contributed by atoms with Gasteiger partial charge in [0.1, 0.15) is 0 Å². The quantitative estimate of drug-likeness (QED) is 0.716. The molecule has 1 atom stereocenters. The van der Waals surface area contributed by atoms with E-state index in [1.807, 2.05) is 18.2 Å². The van der Waals surface area contributed by atoms with Crippen LogP contribution < -0.4 is 14.8 Å². The number of nitrogens with one attached hydrogen (secondary N) is 1. The van der Waals surface area contributed by atoms with Crippen LogP contribution in [0.25, 0.3) is 0 Å². The van der Waals surface area contributed by atoms with E-state index in [4.69, 9.17) is 9.47 Å². The molecule has 0 aromatic heterocycles. The van der Waals surface area contributed by atoms with Gasteiger partial charge in [-0.25, -0.2) is 0 Å². The Hall–Kier alpha value is -2.49. The lowest BCUT2D eigenvalue weighted by Crippen LogP contribution is -2.28. The fourth-order valence-electron chi connectivity index (χ4n) is 3.95. The maximum atomic E-state index is 12.6. The predicted octanol–water partition coefficient (Wildman–Crippen LogP) is 4.78. The van der Waals surface area contributed by atoms with Gasteiger partial charge in [-0.05, 0) is 72.9 Å². The Labute approximate surface area is 168 Å². The molecule has 0 aliphatic heterocycles. The molecule has 28 heavy (non-hydrogen) atoms. The smallest absolute Gasteiger partial charge is 0.220 e. The van der Waals surface area contributed by atoms with E-state index in [1.165, 1.54) is 36.0 Å². The summed E-state index contributed by atoms with van der Waals surface area (Å²) >= 11 is 0. The first kappa shape index (κ1) is 20.2. The number of methoxy groups -OCH3 is 2. The van der Waals surface area contributed by atoms with Crippen molar-refractivity contribution in [2.24, 2.45) is 0 Å². The average Bonchev–Trinajstić information content (AvgIpc) is 2.75. The number of hydrogen-bond donors (Lipinski definition) is 1. The van der Waals surface area contributed by atoms with E-state index in [0.717, 1.165) is 18.4 Å². The maximum Gasteiger partial charge on any atom is 0.220 e. The molecule has 0 fully saturated rings. The van der Waals surface area contributed by atoms with Crippen molar-refractivity contribution in [3.05, 3.63) is 58.7 Å². The van der Waals surface area contributed by atoms with Gasteiger partial charge < -0.3 is 14.8 Å². The Kier molecular flexibility index (Phi) is 6.96. The summed E-state index contributed by atoms with van der Waals surface area (Å²) in [5, 5.41) is 3.22. The largest absolute Gasteiger partial charge is 0.493 e. The second kappa shape index (κ2) is 9.63. The van der Waals surface area contributed by atoms with Gasteiger partial charge in [0, 0.05) is 6.42 Å². The molecule has 0 unspecified atom stereocenters. The normalized spacial score (nSPS) is 14.1. The lowest BCUT2D eigenvalue weighted by Gasteiger charge is -2.22. The average molecular weight is 382 g/mol. The van der Waals surface area contributed by atoms with E-state index in [9.17, 15) is 4.79 Å². The van der Waals surface area contributed by atoms with Gasteiger partial charge in [0.05, 0.1) is 20.3 Å². The monoisotopic (exact) mass is 381 g/mol. The van der Waals surface area contributed by atoms with Crippen molar-refractivity contribution in [2.45, 2.75) is 57.9 Å². The number of carbonyl (C=O) groups is 1. The molecule has 0 spiro atoms. The minimum atomic E-state index is 0.0742. The van der Waals surface area contributed by atoms with Gasteiger partial charge in [0.2, 0.25) is 5.91 Å².